The number of nitrogens with zero attached hydrogens (tertiary/aromatic N) is 1. The van der Waals surface area contributed by atoms with Crippen LogP contribution >= 0.6 is 0 Å². The molecular formula is C15H23N3O2. The summed E-state index contributed by atoms with van der Waals surface area (Å²) in [5.41, 5.74) is 8.60. The maximum Gasteiger partial charge on any atom is 0.235 e. The molecule has 5 heteroatoms. The van der Waals surface area contributed by atoms with Crippen molar-refractivity contribution >= 4 is 17.4 Å². The molecule has 4 N–H and O–H groups in total. The number of amidine groups is 1. The third-order valence-corrected chi connectivity index (χ3v) is 3.44. The molecule has 0 bridgehead atoms. The predicted octanol–water partition coefficient (Wildman–Crippen LogP) is 2.52. The van der Waals surface area contributed by atoms with E-state index in [0.29, 0.717) is 6.42 Å². The molecule has 1 aromatic rings. The molecule has 1 unspecified atom stereocenters. The molecule has 0 radical (unpaired) electrons. The first-order valence-corrected chi connectivity index (χ1v) is 6.97. The smallest absolute Gasteiger partial charge is 0.235 e. The summed E-state index contributed by atoms with van der Waals surface area (Å²) in [6.07, 6.45) is 2.16. The van der Waals surface area contributed by atoms with Crippen LogP contribution in [0.15, 0.2) is 23.4 Å². The molecule has 0 fully saturated rings. The number of nitrogens with one attached hydrogen (secondary N) is 1. The van der Waals surface area contributed by atoms with E-state index in [1.165, 1.54) is 0 Å². The monoisotopic (exact) mass is 277 g/mol. The van der Waals surface area contributed by atoms with Gasteiger partial charge in [-0.05, 0) is 30.4 Å². The zero-order valence-corrected chi connectivity index (χ0v) is 12.3. The Morgan fingerprint density at radius 1 is 1.30 bits per heavy atom. The highest BCUT2D eigenvalue weighted by molar-refractivity contribution is 6.08. The molecule has 5 nitrogen and oxygen atoms in total. The van der Waals surface area contributed by atoms with Crippen LogP contribution in [0.1, 0.15) is 38.3 Å². The van der Waals surface area contributed by atoms with Crippen LogP contribution in [0.5, 0.6) is 0 Å². The van der Waals surface area contributed by atoms with E-state index < -0.39 is 5.92 Å². The third kappa shape index (κ3) is 3.50. The Hall–Kier alpha value is -2.04. The summed E-state index contributed by atoms with van der Waals surface area (Å²) in [5, 5.41) is 14.6. The molecule has 0 spiro atoms. The highest BCUT2D eigenvalue weighted by atomic mass is 16.4. The second-order valence-electron chi connectivity index (χ2n) is 4.63. The highest BCUT2D eigenvalue weighted by Crippen LogP contribution is 2.23. The zero-order chi connectivity index (χ0) is 15.1. The van der Waals surface area contributed by atoms with Crippen molar-refractivity contribution in [1.29, 1.82) is 0 Å². The molecule has 0 aromatic heterocycles. The Morgan fingerprint density at radius 2 is 1.85 bits per heavy atom. The summed E-state index contributed by atoms with van der Waals surface area (Å²) in [4.78, 5) is 12.3. The zero-order valence-electron chi connectivity index (χ0n) is 12.3. The van der Waals surface area contributed by atoms with Gasteiger partial charge in [0.1, 0.15) is 0 Å². The maximum atomic E-state index is 12.3. The standard InChI is InChI=1S/C15H23N3O2/c1-4-10-8-7-9-11(5-2)13(10)17-15(19)12(6-3)14(16)18-20/h7-9,12,20H,4-6H2,1-3H3,(H2,16,18)(H,17,19). The summed E-state index contributed by atoms with van der Waals surface area (Å²) in [7, 11) is 0. The van der Waals surface area contributed by atoms with Crippen molar-refractivity contribution < 1.29 is 10.0 Å². The van der Waals surface area contributed by atoms with E-state index in [0.717, 1.165) is 29.7 Å². The fraction of sp³-hybridized carbons (Fsp3) is 0.467. The van der Waals surface area contributed by atoms with Crippen molar-refractivity contribution in [2.45, 2.75) is 40.0 Å². The molecule has 0 aliphatic carbocycles. The normalized spacial score (nSPS) is 13.1. The molecule has 1 atom stereocenters. The molecule has 1 aromatic carbocycles. The largest absolute Gasteiger partial charge is 0.409 e. The van der Waals surface area contributed by atoms with E-state index in [4.69, 9.17) is 10.9 Å². The number of carbonyl (C=O) groups excluding carboxylic acids is 1. The van der Waals surface area contributed by atoms with Crippen molar-refractivity contribution in [2.75, 3.05) is 5.32 Å². The van der Waals surface area contributed by atoms with Gasteiger partial charge in [-0.15, -0.1) is 0 Å². The average Bonchev–Trinajstić information content (AvgIpc) is 2.47. The van der Waals surface area contributed by atoms with Crippen molar-refractivity contribution in [3.8, 4) is 0 Å². The van der Waals surface area contributed by atoms with Crippen LogP contribution in [0.25, 0.3) is 0 Å². The average molecular weight is 277 g/mol. The second kappa shape index (κ2) is 7.53. The van der Waals surface area contributed by atoms with Gasteiger partial charge >= 0.3 is 0 Å². The minimum Gasteiger partial charge on any atom is -0.409 e. The number of aryl methyl sites for hydroxylation is 2. The molecule has 0 aliphatic heterocycles. The molecular weight excluding hydrogens is 254 g/mol. The van der Waals surface area contributed by atoms with E-state index in [1.54, 1.807) is 0 Å². The fourth-order valence-electron chi connectivity index (χ4n) is 2.21. The van der Waals surface area contributed by atoms with E-state index >= 15 is 0 Å². The molecule has 0 heterocycles. The van der Waals surface area contributed by atoms with Gasteiger partial charge in [0.25, 0.3) is 0 Å². The summed E-state index contributed by atoms with van der Waals surface area (Å²) >= 11 is 0. The van der Waals surface area contributed by atoms with E-state index in [2.05, 4.69) is 10.5 Å². The van der Waals surface area contributed by atoms with Gasteiger partial charge in [-0.25, -0.2) is 0 Å². The van der Waals surface area contributed by atoms with Crippen molar-refractivity contribution in [2.24, 2.45) is 16.8 Å². The topological polar surface area (TPSA) is 87.7 Å². The van der Waals surface area contributed by atoms with Gasteiger partial charge in [0.2, 0.25) is 5.91 Å². The van der Waals surface area contributed by atoms with Gasteiger partial charge in [-0.1, -0.05) is 44.1 Å². The van der Waals surface area contributed by atoms with Crippen LogP contribution in [0.2, 0.25) is 0 Å². The number of amides is 1. The molecule has 1 rings (SSSR count). The number of carbonyl (C=O) groups is 1. The predicted molar refractivity (Wildman–Crippen MR) is 81.0 cm³/mol. The third-order valence-electron chi connectivity index (χ3n) is 3.44. The van der Waals surface area contributed by atoms with Crippen LogP contribution in [0, 0.1) is 5.92 Å². The number of hydrogen-bond acceptors (Lipinski definition) is 3. The molecule has 0 aliphatic rings. The Bertz CT molecular complexity index is 476. The van der Waals surface area contributed by atoms with Gasteiger partial charge in [0, 0.05) is 5.69 Å². The number of hydrogen-bond donors (Lipinski definition) is 3. The number of rotatable bonds is 6. The lowest BCUT2D eigenvalue weighted by atomic mass is 10.0. The van der Waals surface area contributed by atoms with E-state index in [-0.39, 0.29) is 11.7 Å². The van der Waals surface area contributed by atoms with Gasteiger partial charge in [0.05, 0.1) is 5.92 Å². The Kier molecular flexibility index (Phi) is 6.03. The van der Waals surface area contributed by atoms with Gasteiger partial charge in [0.15, 0.2) is 5.84 Å². The minimum absolute atomic E-state index is 0.0583. The van der Waals surface area contributed by atoms with Crippen molar-refractivity contribution in [3.05, 3.63) is 29.3 Å². The number of anilines is 1. The molecule has 0 saturated heterocycles. The number of oxime groups is 1. The van der Waals surface area contributed by atoms with Crippen LogP contribution < -0.4 is 11.1 Å². The lowest BCUT2D eigenvalue weighted by Crippen LogP contribution is -2.34. The first-order chi connectivity index (χ1) is 9.58. The van der Waals surface area contributed by atoms with Gasteiger partial charge in [-0.2, -0.15) is 0 Å². The fourth-order valence-corrected chi connectivity index (χ4v) is 2.21. The molecule has 110 valence electrons. The highest BCUT2D eigenvalue weighted by Gasteiger charge is 2.22. The first kappa shape index (κ1) is 16.0. The van der Waals surface area contributed by atoms with Gasteiger partial charge in [-0.3, -0.25) is 4.79 Å². The summed E-state index contributed by atoms with van der Waals surface area (Å²) < 4.78 is 0. The van der Waals surface area contributed by atoms with Crippen molar-refractivity contribution in [3.63, 3.8) is 0 Å². The Balaban J connectivity index is 3.06. The first-order valence-electron chi connectivity index (χ1n) is 6.97. The van der Waals surface area contributed by atoms with Crippen LogP contribution in [0.4, 0.5) is 5.69 Å². The Morgan fingerprint density at radius 3 is 2.25 bits per heavy atom. The maximum absolute atomic E-state index is 12.3. The Labute approximate surface area is 119 Å². The number of para-hydroxylation sites is 1. The molecule has 1 amide bonds. The minimum atomic E-state index is -0.616. The quantitative estimate of drug-likeness (QED) is 0.323. The molecule has 0 saturated carbocycles. The lowest BCUT2D eigenvalue weighted by molar-refractivity contribution is -0.118. The lowest BCUT2D eigenvalue weighted by Gasteiger charge is -2.18. The number of benzene rings is 1. The summed E-state index contributed by atoms with van der Waals surface area (Å²) in [6.45, 7) is 5.92. The summed E-state index contributed by atoms with van der Waals surface area (Å²) in [6, 6.07) is 5.99. The van der Waals surface area contributed by atoms with Crippen molar-refractivity contribution in [1.82, 2.24) is 0 Å². The number of nitrogens with two attached hydrogens (primary N) is 1. The van der Waals surface area contributed by atoms with Crippen LogP contribution in [-0.4, -0.2) is 17.0 Å². The van der Waals surface area contributed by atoms with Gasteiger partial charge < -0.3 is 16.3 Å². The SMILES string of the molecule is CCc1cccc(CC)c1NC(=O)C(CC)C(N)=NO. The molecule has 20 heavy (non-hydrogen) atoms. The van der Waals surface area contributed by atoms with Crippen LogP contribution in [-0.2, 0) is 17.6 Å². The van der Waals surface area contributed by atoms with E-state index in [9.17, 15) is 4.79 Å². The summed E-state index contributed by atoms with van der Waals surface area (Å²) in [5.74, 6) is -0.912. The second-order valence-corrected chi connectivity index (χ2v) is 4.63. The van der Waals surface area contributed by atoms with Crippen LogP contribution in [0.3, 0.4) is 0 Å². The van der Waals surface area contributed by atoms with E-state index in [1.807, 2.05) is 39.0 Å².